The topological polar surface area (TPSA) is 12.2 Å². The second-order valence-electron chi connectivity index (χ2n) is 4.99. The predicted octanol–water partition coefficient (Wildman–Crippen LogP) is 3.53. The Bertz CT molecular complexity index is 419. The third-order valence-corrected chi connectivity index (χ3v) is 2.78. The van der Waals surface area contributed by atoms with E-state index in [1.165, 1.54) is 11.3 Å². The summed E-state index contributed by atoms with van der Waals surface area (Å²) in [6.45, 7) is 9.42. The predicted molar refractivity (Wildman–Crippen MR) is 66.8 cm³/mol. The number of hydrogen-bond acceptors (Lipinski definition) is 1. The molecule has 1 aromatic rings. The summed E-state index contributed by atoms with van der Waals surface area (Å²) < 4.78 is 8.00. The van der Waals surface area contributed by atoms with E-state index in [1.807, 2.05) is 0 Å². The number of benzene rings is 1. The molecule has 1 aliphatic heterocycles. The molecule has 86 valence electrons. The van der Waals surface area contributed by atoms with E-state index in [2.05, 4.69) is 56.7 Å². The average Bonchev–Trinajstić information content (AvgIpc) is 2.60. The summed E-state index contributed by atoms with van der Waals surface area (Å²) in [5.74, 6) is 2.11. The van der Waals surface area contributed by atoms with Crippen LogP contribution in [0.3, 0.4) is 0 Å². The third-order valence-electron chi connectivity index (χ3n) is 2.78. The van der Waals surface area contributed by atoms with Crippen molar-refractivity contribution in [2.45, 2.75) is 33.6 Å². The Morgan fingerprint density at radius 3 is 2.62 bits per heavy atom. The summed E-state index contributed by atoms with van der Waals surface area (Å²) in [5, 5.41) is 0. The van der Waals surface area contributed by atoms with Gasteiger partial charge in [-0.1, -0.05) is 39.8 Å². The first kappa shape index (κ1) is 11.2. The van der Waals surface area contributed by atoms with Gasteiger partial charge in [0.2, 0.25) is 5.75 Å². The smallest absolute Gasteiger partial charge is 0.292 e. The highest BCUT2D eigenvalue weighted by Crippen LogP contribution is 2.39. The number of nitrogens with zero attached hydrogens (tertiary/aromatic N) is 1. The molecule has 16 heavy (non-hydrogen) atoms. The third kappa shape index (κ3) is 1.97. The number of hydrogen-bond donors (Lipinski definition) is 0. The quantitative estimate of drug-likeness (QED) is 0.692. The van der Waals surface area contributed by atoms with Crippen LogP contribution in [0.4, 0.5) is 5.69 Å². The van der Waals surface area contributed by atoms with E-state index in [0.29, 0.717) is 18.6 Å². The first-order chi connectivity index (χ1) is 7.59. The molecule has 0 unspecified atom stereocenters. The van der Waals surface area contributed by atoms with Crippen LogP contribution in [0.1, 0.15) is 39.2 Å². The fraction of sp³-hybridized carbons (Fsp3) is 0.500. The fourth-order valence-corrected chi connectivity index (χ4v) is 2.07. The fourth-order valence-electron chi connectivity index (χ4n) is 2.07. The van der Waals surface area contributed by atoms with E-state index in [9.17, 15) is 0 Å². The van der Waals surface area contributed by atoms with Crippen molar-refractivity contribution < 1.29 is 9.31 Å². The molecule has 0 spiro atoms. The largest absolute Gasteiger partial charge is 0.429 e. The van der Waals surface area contributed by atoms with Crippen LogP contribution in [-0.2, 0) is 0 Å². The van der Waals surface area contributed by atoms with Gasteiger partial charge in [-0.25, -0.2) is 0 Å². The number of rotatable bonds is 2. The van der Waals surface area contributed by atoms with Crippen molar-refractivity contribution in [3.63, 3.8) is 0 Å². The van der Waals surface area contributed by atoms with Crippen LogP contribution in [0.5, 0.6) is 5.75 Å². The zero-order valence-corrected chi connectivity index (χ0v) is 10.5. The molecule has 0 amide bonds. The molecule has 1 aromatic carbocycles. The highest BCUT2D eigenvalue weighted by atomic mass is 16.5. The number of para-hydroxylation sites is 1. The van der Waals surface area contributed by atoms with E-state index in [-0.39, 0.29) is 0 Å². The van der Waals surface area contributed by atoms with Gasteiger partial charge in [-0.15, -0.1) is 0 Å². The van der Waals surface area contributed by atoms with Crippen molar-refractivity contribution in [3.8, 4) is 5.75 Å². The normalized spacial score (nSPS) is 17.0. The Morgan fingerprint density at radius 1 is 1.25 bits per heavy atom. The lowest BCUT2D eigenvalue weighted by Crippen LogP contribution is -2.09. The summed E-state index contributed by atoms with van der Waals surface area (Å²) in [5.41, 5.74) is 2.51. The van der Waals surface area contributed by atoms with Gasteiger partial charge in [-0.3, -0.25) is 0 Å². The maximum absolute atomic E-state index is 5.80. The summed E-state index contributed by atoms with van der Waals surface area (Å²) in [6.07, 6.45) is 2.22. The lowest BCUT2D eigenvalue weighted by molar-refractivity contribution is -0.455. The molecule has 0 aliphatic carbocycles. The lowest BCUT2D eigenvalue weighted by Gasteiger charge is -2.06. The zero-order valence-electron chi connectivity index (χ0n) is 10.5. The molecule has 0 aromatic heterocycles. The van der Waals surface area contributed by atoms with Crippen molar-refractivity contribution in [2.24, 2.45) is 5.92 Å². The molecule has 0 saturated carbocycles. The van der Waals surface area contributed by atoms with Gasteiger partial charge < -0.3 is 4.74 Å². The highest BCUT2D eigenvalue weighted by molar-refractivity contribution is 5.61. The molecule has 0 N–H and O–H groups in total. The molecule has 0 radical (unpaired) electrons. The number of fused-ring (bicyclic) bond motifs is 1. The van der Waals surface area contributed by atoms with E-state index in [0.717, 1.165) is 5.75 Å². The minimum absolute atomic E-state index is 0.508. The summed E-state index contributed by atoms with van der Waals surface area (Å²) >= 11 is 0. The second kappa shape index (κ2) is 4.28. The minimum atomic E-state index is 0.508. The van der Waals surface area contributed by atoms with Crippen LogP contribution in [0.2, 0.25) is 0 Å². The van der Waals surface area contributed by atoms with Gasteiger partial charge in [-0.05, 0) is 5.92 Å². The van der Waals surface area contributed by atoms with E-state index >= 15 is 0 Å². The van der Waals surface area contributed by atoms with Crippen molar-refractivity contribution in [2.75, 3.05) is 6.73 Å². The zero-order chi connectivity index (χ0) is 11.7. The maximum atomic E-state index is 5.80. The highest BCUT2D eigenvalue weighted by Gasteiger charge is 2.28. The van der Waals surface area contributed by atoms with Crippen LogP contribution < -0.4 is 4.74 Å². The van der Waals surface area contributed by atoms with Crippen LogP contribution >= 0.6 is 0 Å². The minimum Gasteiger partial charge on any atom is -0.429 e. The lowest BCUT2D eigenvalue weighted by atomic mass is 10.0. The Balaban J connectivity index is 2.46. The van der Waals surface area contributed by atoms with Crippen LogP contribution in [0.15, 0.2) is 18.2 Å². The van der Waals surface area contributed by atoms with Gasteiger partial charge in [0.15, 0.2) is 6.21 Å². The van der Waals surface area contributed by atoms with Crippen molar-refractivity contribution in [1.82, 2.24) is 0 Å². The Morgan fingerprint density at radius 2 is 2.00 bits per heavy atom. The average molecular weight is 218 g/mol. The molecule has 2 heteroatoms. The van der Waals surface area contributed by atoms with Gasteiger partial charge in [0.05, 0.1) is 0 Å². The molecular weight excluding hydrogens is 198 g/mol. The molecular formula is C14H20NO+. The molecule has 0 saturated heterocycles. The summed E-state index contributed by atoms with van der Waals surface area (Å²) in [7, 11) is 0. The first-order valence-electron chi connectivity index (χ1n) is 5.97. The monoisotopic (exact) mass is 218 g/mol. The standard InChI is InChI=1S/C14H20NO/c1-10(2)8-15-9-16-14-12(11(3)4)6-5-7-13(14)15/h5-8,10-11H,9H2,1-4H3/q+1/b15-8-. The van der Waals surface area contributed by atoms with E-state index < -0.39 is 0 Å². The Labute approximate surface area is 97.6 Å². The second-order valence-corrected chi connectivity index (χ2v) is 4.99. The van der Waals surface area contributed by atoms with Gasteiger partial charge in [0.25, 0.3) is 12.4 Å². The van der Waals surface area contributed by atoms with Gasteiger partial charge in [0.1, 0.15) is 0 Å². The SMILES string of the molecule is CC(C)/C=[N+]1/COc2c(C(C)C)cccc21. The van der Waals surface area contributed by atoms with Crippen molar-refractivity contribution in [1.29, 1.82) is 0 Å². The van der Waals surface area contributed by atoms with E-state index in [1.54, 1.807) is 0 Å². The molecule has 0 fully saturated rings. The van der Waals surface area contributed by atoms with Crippen LogP contribution in [0, 0.1) is 5.92 Å². The van der Waals surface area contributed by atoms with Crippen molar-refractivity contribution >= 4 is 11.9 Å². The summed E-state index contributed by atoms with van der Waals surface area (Å²) in [6, 6.07) is 6.40. The van der Waals surface area contributed by atoms with Crippen LogP contribution in [-0.4, -0.2) is 17.5 Å². The first-order valence-corrected chi connectivity index (χ1v) is 5.97. The molecule has 2 rings (SSSR count). The van der Waals surface area contributed by atoms with Crippen molar-refractivity contribution in [3.05, 3.63) is 23.8 Å². The van der Waals surface area contributed by atoms with Gasteiger partial charge >= 0.3 is 0 Å². The Kier molecular flexibility index (Phi) is 2.99. The molecule has 2 nitrogen and oxygen atoms in total. The maximum Gasteiger partial charge on any atom is 0.292 e. The van der Waals surface area contributed by atoms with Gasteiger partial charge in [0, 0.05) is 17.5 Å². The van der Waals surface area contributed by atoms with E-state index in [4.69, 9.17) is 4.74 Å². The Hall–Kier alpha value is -1.31. The summed E-state index contributed by atoms with van der Waals surface area (Å²) in [4.78, 5) is 0. The molecule has 1 aliphatic rings. The molecule has 0 atom stereocenters. The molecule has 0 bridgehead atoms. The number of ether oxygens (including phenoxy) is 1. The van der Waals surface area contributed by atoms with Gasteiger partial charge in [-0.2, -0.15) is 4.58 Å². The molecule has 1 heterocycles. The van der Waals surface area contributed by atoms with Crippen LogP contribution in [0.25, 0.3) is 0 Å².